The predicted octanol–water partition coefficient (Wildman–Crippen LogP) is 3.15. The number of aromatic nitrogens is 2. The first-order valence-corrected chi connectivity index (χ1v) is 6.55. The number of nitrogens with one attached hydrogen (secondary N) is 2. The molecular weight excluding hydrogens is 309 g/mol. The van der Waals surface area contributed by atoms with Gasteiger partial charge in [0.15, 0.2) is 0 Å². The monoisotopic (exact) mass is 322 g/mol. The zero-order valence-corrected chi connectivity index (χ0v) is 11.9. The lowest BCUT2D eigenvalue weighted by Gasteiger charge is -2.09. The van der Waals surface area contributed by atoms with Gasteiger partial charge in [-0.25, -0.2) is 9.97 Å². The third-order valence-corrected chi connectivity index (χ3v) is 2.78. The van der Waals surface area contributed by atoms with Crippen LogP contribution in [-0.2, 0) is 6.18 Å². The summed E-state index contributed by atoms with van der Waals surface area (Å²) in [5.74, 6) is -0.0801. The smallest absolute Gasteiger partial charge is 0.347 e. The molecule has 0 saturated carbocycles. The lowest BCUT2D eigenvalue weighted by atomic mass is 10.2. The van der Waals surface area contributed by atoms with Gasteiger partial charge >= 0.3 is 6.18 Å². The number of hydrogen-bond acceptors (Lipinski definition) is 4. The maximum absolute atomic E-state index is 12.5. The SMILES string of the molecule is C=CCNC(=O)c1cnc(Nc2ccc(C(F)(F)F)cc2)cn1. The normalized spacial score (nSPS) is 10.9. The van der Waals surface area contributed by atoms with Crippen molar-refractivity contribution in [1.82, 2.24) is 15.3 Å². The number of rotatable bonds is 5. The second-order valence-corrected chi connectivity index (χ2v) is 4.49. The van der Waals surface area contributed by atoms with Crippen molar-refractivity contribution in [3.05, 3.63) is 60.6 Å². The Balaban J connectivity index is 2.03. The summed E-state index contributed by atoms with van der Waals surface area (Å²) >= 11 is 0. The Kier molecular flexibility index (Phi) is 4.95. The standard InChI is InChI=1S/C15H13F3N4O/c1-2-7-19-14(23)12-8-21-13(9-20-12)22-11-5-3-10(4-6-11)15(16,17)18/h2-6,8-9H,1,7H2,(H,19,23)(H,21,22). The van der Waals surface area contributed by atoms with Crippen LogP contribution in [0.15, 0.2) is 49.3 Å². The minimum absolute atomic E-state index is 0.129. The van der Waals surface area contributed by atoms with Crippen molar-refractivity contribution in [3.63, 3.8) is 0 Å². The Labute approximate surface area is 130 Å². The fourth-order valence-electron chi connectivity index (χ4n) is 1.66. The van der Waals surface area contributed by atoms with E-state index < -0.39 is 17.6 Å². The third-order valence-electron chi connectivity index (χ3n) is 2.78. The van der Waals surface area contributed by atoms with Crippen molar-refractivity contribution < 1.29 is 18.0 Å². The molecule has 1 heterocycles. The van der Waals surface area contributed by atoms with E-state index in [4.69, 9.17) is 0 Å². The van der Waals surface area contributed by atoms with Gasteiger partial charge in [-0.3, -0.25) is 4.79 Å². The van der Waals surface area contributed by atoms with Gasteiger partial charge in [-0.2, -0.15) is 13.2 Å². The predicted molar refractivity (Wildman–Crippen MR) is 79.3 cm³/mol. The van der Waals surface area contributed by atoms with Gasteiger partial charge in [-0.1, -0.05) is 6.08 Å². The number of carbonyl (C=O) groups is 1. The van der Waals surface area contributed by atoms with Gasteiger partial charge in [-0.05, 0) is 24.3 Å². The zero-order valence-electron chi connectivity index (χ0n) is 11.9. The molecular formula is C15H13F3N4O. The van der Waals surface area contributed by atoms with Crippen molar-refractivity contribution >= 4 is 17.4 Å². The van der Waals surface area contributed by atoms with Crippen LogP contribution in [0.3, 0.4) is 0 Å². The van der Waals surface area contributed by atoms with E-state index in [9.17, 15) is 18.0 Å². The summed E-state index contributed by atoms with van der Waals surface area (Å²) in [5, 5.41) is 5.35. The Morgan fingerprint density at radius 1 is 1.17 bits per heavy atom. The molecule has 1 amide bonds. The molecule has 0 fully saturated rings. The molecule has 0 radical (unpaired) electrons. The van der Waals surface area contributed by atoms with E-state index in [0.29, 0.717) is 18.1 Å². The molecule has 1 aromatic carbocycles. The highest BCUT2D eigenvalue weighted by Gasteiger charge is 2.29. The lowest BCUT2D eigenvalue weighted by Crippen LogP contribution is -2.24. The van der Waals surface area contributed by atoms with Crippen LogP contribution in [0, 0.1) is 0 Å². The highest BCUT2D eigenvalue weighted by Crippen LogP contribution is 2.30. The molecule has 1 aromatic heterocycles. The highest BCUT2D eigenvalue weighted by molar-refractivity contribution is 5.92. The summed E-state index contributed by atoms with van der Waals surface area (Å²) in [5.41, 5.74) is -0.177. The average Bonchev–Trinajstić information content (AvgIpc) is 2.53. The maximum atomic E-state index is 12.5. The van der Waals surface area contributed by atoms with Gasteiger partial charge in [0.2, 0.25) is 0 Å². The van der Waals surface area contributed by atoms with E-state index in [2.05, 4.69) is 27.2 Å². The van der Waals surface area contributed by atoms with Gasteiger partial charge in [0, 0.05) is 12.2 Å². The van der Waals surface area contributed by atoms with Crippen LogP contribution in [0.25, 0.3) is 0 Å². The molecule has 0 atom stereocenters. The molecule has 0 aliphatic carbocycles. The Hall–Kier alpha value is -2.90. The van der Waals surface area contributed by atoms with Gasteiger partial charge in [-0.15, -0.1) is 6.58 Å². The summed E-state index contributed by atoms with van der Waals surface area (Å²) in [4.78, 5) is 19.5. The van der Waals surface area contributed by atoms with Crippen LogP contribution in [-0.4, -0.2) is 22.4 Å². The van der Waals surface area contributed by atoms with Crippen LogP contribution >= 0.6 is 0 Å². The number of amides is 1. The van der Waals surface area contributed by atoms with E-state index in [1.165, 1.54) is 30.6 Å². The molecule has 0 aliphatic heterocycles. The second kappa shape index (κ2) is 6.91. The van der Waals surface area contributed by atoms with Crippen LogP contribution in [0.4, 0.5) is 24.7 Å². The van der Waals surface area contributed by atoms with Crippen molar-refractivity contribution in [2.24, 2.45) is 0 Å². The molecule has 0 aliphatic rings. The summed E-state index contributed by atoms with van der Waals surface area (Å²) in [7, 11) is 0. The molecule has 0 bridgehead atoms. The molecule has 2 aromatic rings. The van der Waals surface area contributed by atoms with Gasteiger partial charge in [0.1, 0.15) is 11.5 Å². The van der Waals surface area contributed by atoms with E-state index in [-0.39, 0.29) is 5.69 Å². The van der Waals surface area contributed by atoms with Crippen LogP contribution in [0.1, 0.15) is 16.1 Å². The first kappa shape index (κ1) is 16.5. The molecule has 0 unspecified atom stereocenters. The molecule has 2 N–H and O–H groups in total. The molecule has 0 spiro atoms. The number of alkyl halides is 3. The first-order valence-electron chi connectivity index (χ1n) is 6.55. The van der Waals surface area contributed by atoms with Gasteiger partial charge in [0.25, 0.3) is 5.91 Å². The molecule has 23 heavy (non-hydrogen) atoms. The minimum Gasteiger partial charge on any atom is -0.347 e. The minimum atomic E-state index is -4.38. The topological polar surface area (TPSA) is 66.9 Å². The number of nitrogens with zero attached hydrogens (tertiary/aromatic N) is 2. The number of carbonyl (C=O) groups excluding carboxylic acids is 1. The first-order chi connectivity index (χ1) is 10.9. The fraction of sp³-hybridized carbons (Fsp3) is 0.133. The number of hydrogen-bond donors (Lipinski definition) is 2. The average molecular weight is 322 g/mol. The van der Waals surface area contributed by atoms with Gasteiger partial charge < -0.3 is 10.6 Å². The maximum Gasteiger partial charge on any atom is 0.416 e. The van der Waals surface area contributed by atoms with Crippen molar-refractivity contribution in [1.29, 1.82) is 0 Å². The number of benzene rings is 1. The third kappa shape index (κ3) is 4.53. The Morgan fingerprint density at radius 3 is 2.39 bits per heavy atom. The number of halogens is 3. The zero-order chi connectivity index (χ0) is 16.9. The number of anilines is 2. The van der Waals surface area contributed by atoms with E-state index in [1.807, 2.05) is 0 Å². The molecule has 2 rings (SSSR count). The van der Waals surface area contributed by atoms with Crippen LogP contribution in [0.2, 0.25) is 0 Å². The van der Waals surface area contributed by atoms with E-state index in [1.54, 1.807) is 0 Å². The largest absolute Gasteiger partial charge is 0.416 e. The summed E-state index contributed by atoms with van der Waals surface area (Å²) in [6, 6.07) is 4.50. The van der Waals surface area contributed by atoms with Crippen molar-refractivity contribution in [2.45, 2.75) is 6.18 Å². The summed E-state index contributed by atoms with van der Waals surface area (Å²) in [6.07, 6.45) is -0.254. The highest BCUT2D eigenvalue weighted by atomic mass is 19.4. The Morgan fingerprint density at radius 2 is 1.87 bits per heavy atom. The van der Waals surface area contributed by atoms with Crippen LogP contribution in [0.5, 0.6) is 0 Å². The van der Waals surface area contributed by atoms with Crippen molar-refractivity contribution in [3.8, 4) is 0 Å². The fourth-order valence-corrected chi connectivity index (χ4v) is 1.66. The second-order valence-electron chi connectivity index (χ2n) is 4.49. The van der Waals surface area contributed by atoms with E-state index in [0.717, 1.165) is 12.1 Å². The van der Waals surface area contributed by atoms with Crippen molar-refractivity contribution in [2.75, 3.05) is 11.9 Å². The quantitative estimate of drug-likeness (QED) is 0.830. The molecule has 8 heteroatoms. The molecule has 5 nitrogen and oxygen atoms in total. The van der Waals surface area contributed by atoms with Crippen LogP contribution < -0.4 is 10.6 Å². The summed E-state index contributed by atoms with van der Waals surface area (Å²) < 4.78 is 37.4. The van der Waals surface area contributed by atoms with E-state index >= 15 is 0 Å². The molecule has 120 valence electrons. The molecule has 0 saturated heterocycles. The summed E-state index contributed by atoms with van der Waals surface area (Å²) in [6.45, 7) is 3.79. The lowest BCUT2D eigenvalue weighted by molar-refractivity contribution is -0.137. The Bertz CT molecular complexity index is 681. The van der Waals surface area contributed by atoms with Gasteiger partial charge in [0.05, 0.1) is 18.0 Å².